The number of Topliss-reactive ketones (excluding diaryl/α,β-unsaturated/α-hetero) is 1. The number of ether oxygens (including phenoxy) is 2. The largest absolute Gasteiger partial charge is 0.497 e. The molecule has 2 rings (SSSR count). The molecule has 6 nitrogen and oxygen atoms in total. The van der Waals surface area contributed by atoms with Gasteiger partial charge < -0.3 is 14.6 Å². The van der Waals surface area contributed by atoms with Gasteiger partial charge in [-0.3, -0.25) is 14.4 Å². The molecular formula is C18H20O6. The molecular weight excluding hydrogens is 312 g/mol. The normalized spacial score (nSPS) is 21.8. The zero-order chi connectivity index (χ0) is 17.7. The van der Waals surface area contributed by atoms with Crippen LogP contribution >= 0.6 is 0 Å². The van der Waals surface area contributed by atoms with E-state index in [-0.39, 0.29) is 24.5 Å². The second-order valence-corrected chi connectivity index (χ2v) is 5.78. The molecule has 0 amide bonds. The van der Waals surface area contributed by atoms with Crippen LogP contribution in [0.25, 0.3) is 6.08 Å². The van der Waals surface area contributed by atoms with E-state index in [2.05, 4.69) is 0 Å². The molecule has 1 aliphatic rings. The van der Waals surface area contributed by atoms with E-state index in [0.29, 0.717) is 17.7 Å². The molecule has 0 aliphatic heterocycles. The van der Waals surface area contributed by atoms with Gasteiger partial charge in [-0.15, -0.1) is 0 Å². The fourth-order valence-corrected chi connectivity index (χ4v) is 2.61. The maximum absolute atomic E-state index is 12.2. The standard InChI is InChI=1S/C18H20O6/c1-11-9-15(19)14(10-12-3-5-13(23-2)6-4-12)18(11)24-17(22)8-7-16(20)21/h3-6,10-11,18H,7-9H2,1-2H3,(H,20,21). The fourth-order valence-electron chi connectivity index (χ4n) is 2.61. The molecule has 2 unspecified atom stereocenters. The quantitative estimate of drug-likeness (QED) is 0.636. The Morgan fingerprint density at radius 1 is 1.25 bits per heavy atom. The Bertz CT molecular complexity index is 659. The Morgan fingerprint density at radius 3 is 2.50 bits per heavy atom. The fraction of sp³-hybridized carbons (Fsp3) is 0.389. The zero-order valence-corrected chi connectivity index (χ0v) is 13.7. The van der Waals surface area contributed by atoms with E-state index in [1.807, 2.05) is 19.1 Å². The van der Waals surface area contributed by atoms with Gasteiger partial charge in [0.1, 0.15) is 11.9 Å². The summed E-state index contributed by atoms with van der Waals surface area (Å²) in [7, 11) is 1.57. The van der Waals surface area contributed by atoms with E-state index in [1.54, 1.807) is 25.3 Å². The minimum Gasteiger partial charge on any atom is -0.497 e. The van der Waals surface area contributed by atoms with Crippen molar-refractivity contribution in [1.29, 1.82) is 0 Å². The Morgan fingerprint density at radius 2 is 1.92 bits per heavy atom. The van der Waals surface area contributed by atoms with Crippen molar-refractivity contribution in [3.63, 3.8) is 0 Å². The number of benzene rings is 1. The van der Waals surface area contributed by atoms with Gasteiger partial charge in [0.25, 0.3) is 0 Å². The van der Waals surface area contributed by atoms with Crippen LogP contribution < -0.4 is 4.74 Å². The third-order valence-corrected chi connectivity index (χ3v) is 3.89. The lowest BCUT2D eigenvalue weighted by atomic mass is 10.0. The third-order valence-electron chi connectivity index (χ3n) is 3.89. The summed E-state index contributed by atoms with van der Waals surface area (Å²) in [5.74, 6) is -1.15. The predicted molar refractivity (Wildman–Crippen MR) is 86.5 cm³/mol. The first-order valence-electron chi connectivity index (χ1n) is 7.71. The van der Waals surface area contributed by atoms with E-state index in [1.165, 1.54) is 0 Å². The van der Waals surface area contributed by atoms with Crippen LogP contribution in [0.5, 0.6) is 5.75 Å². The summed E-state index contributed by atoms with van der Waals surface area (Å²) in [5.41, 5.74) is 1.25. The molecule has 0 saturated heterocycles. The summed E-state index contributed by atoms with van der Waals surface area (Å²) in [4.78, 5) is 34.5. The monoisotopic (exact) mass is 332 g/mol. The summed E-state index contributed by atoms with van der Waals surface area (Å²) < 4.78 is 10.5. The van der Waals surface area contributed by atoms with Crippen LogP contribution in [0.3, 0.4) is 0 Å². The molecule has 24 heavy (non-hydrogen) atoms. The van der Waals surface area contributed by atoms with Crippen LogP contribution in [0.1, 0.15) is 31.7 Å². The smallest absolute Gasteiger partial charge is 0.306 e. The Labute approximate surface area is 140 Å². The molecule has 6 heteroatoms. The molecule has 1 aromatic rings. The number of rotatable bonds is 6. The number of methoxy groups -OCH3 is 1. The van der Waals surface area contributed by atoms with Crippen LogP contribution in [0, 0.1) is 5.92 Å². The summed E-state index contributed by atoms with van der Waals surface area (Å²) >= 11 is 0. The molecule has 0 spiro atoms. The zero-order valence-electron chi connectivity index (χ0n) is 13.7. The molecule has 1 fully saturated rings. The van der Waals surface area contributed by atoms with Crippen LogP contribution in [0.4, 0.5) is 0 Å². The minimum absolute atomic E-state index is 0.0608. The van der Waals surface area contributed by atoms with Gasteiger partial charge in [-0.05, 0) is 23.8 Å². The number of carboxylic acids is 1. The summed E-state index contributed by atoms with van der Waals surface area (Å²) in [5, 5.41) is 8.62. The Balaban J connectivity index is 2.15. The predicted octanol–water partition coefficient (Wildman–Crippen LogP) is 2.46. The van der Waals surface area contributed by atoms with Crippen molar-refractivity contribution >= 4 is 23.8 Å². The van der Waals surface area contributed by atoms with Crippen molar-refractivity contribution < 1.29 is 29.0 Å². The number of hydrogen-bond donors (Lipinski definition) is 1. The maximum Gasteiger partial charge on any atom is 0.306 e. The number of aliphatic carboxylic acids is 1. The topological polar surface area (TPSA) is 89.9 Å². The van der Waals surface area contributed by atoms with Crippen LogP contribution in [-0.2, 0) is 19.1 Å². The van der Waals surface area contributed by atoms with Gasteiger partial charge in [-0.25, -0.2) is 0 Å². The van der Waals surface area contributed by atoms with Crippen molar-refractivity contribution in [3.05, 3.63) is 35.4 Å². The van der Waals surface area contributed by atoms with Gasteiger partial charge in [0.15, 0.2) is 5.78 Å². The highest BCUT2D eigenvalue weighted by molar-refractivity contribution is 6.03. The number of esters is 1. The number of carboxylic acid groups (broad SMARTS) is 1. The van der Waals surface area contributed by atoms with E-state index in [0.717, 1.165) is 5.56 Å². The lowest BCUT2D eigenvalue weighted by Gasteiger charge is -2.17. The minimum atomic E-state index is -1.06. The number of ketones is 1. The van der Waals surface area contributed by atoms with Crippen LogP contribution in [0.15, 0.2) is 29.8 Å². The second-order valence-electron chi connectivity index (χ2n) is 5.78. The molecule has 0 radical (unpaired) electrons. The average molecular weight is 332 g/mol. The van der Waals surface area contributed by atoms with Crippen molar-refractivity contribution in [3.8, 4) is 5.75 Å². The molecule has 1 N–H and O–H groups in total. The van der Waals surface area contributed by atoms with Crippen molar-refractivity contribution in [2.75, 3.05) is 7.11 Å². The van der Waals surface area contributed by atoms with Crippen molar-refractivity contribution in [2.24, 2.45) is 5.92 Å². The first-order valence-corrected chi connectivity index (χ1v) is 7.71. The number of hydrogen-bond acceptors (Lipinski definition) is 5. The van der Waals surface area contributed by atoms with E-state index in [9.17, 15) is 14.4 Å². The van der Waals surface area contributed by atoms with Crippen LogP contribution in [-0.4, -0.2) is 36.0 Å². The number of carbonyl (C=O) groups is 3. The molecule has 1 saturated carbocycles. The van der Waals surface area contributed by atoms with Crippen molar-refractivity contribution in [2.45, 2.75) is 32.3 Å². The maximum atomic E-state index is 12.2. The molecule has 0 heterocycles. The van der Waals surface area contributed by atoms with Crippen molar-refractivity contribution in [1.82, 2.24) is 0 Å². The number of carbonyl (C=O) groups excluding carboxylic acids is 2. The highest BCUT2D eigenvalue weighted by atomic mass is 16.5. The third kappa shape index (κ3) is 4.44. The first-order chi connectivity index (χ1) is 11.4. The van der Waals surface area contributed by atoms with Gasteiger partial charge in [-0.1, -0.05) is 19.1 Å². The van der Waals surface area contributed by atoms with Gasteiger partial charge in [-0.2, -0.15) is 0 Å². The lowest BCUT2D eigenvalue weighted by molar-refractivity contribution is -0.151. The second kappa shape index (κ2) is 7.77. The highest BCUT2D eigenvalue weighted by Crippen LogP contribution is 2.32. The lowest BCUT2D eigenvalue weighted by Crippen LogP contribution is -2.23. The first kappa shape index (κ1) is 17.7. The Hall–Kier alpha value is -2.63. The molecule has 128 valence electrons. The van der Waals surface area contributed by atoms with Gasteiger partial charge in [0.2, 0.25) is 0 Å². The van der Waals surface area contributed by atoms with Gasteiger partial charge in [0.05, 0.1) is 20.0 Å². The Kier molecular flexibility index (Phi) is 5.73. The van der Waals surface area contributed by atoms with Gasteiger partial charge >= 0.3 is 11.9 Å². The van der Waals surface area contributed by atoms with E-state index >= 15 is 0 Å². The molecule has 1 aromatic carbocycles. The average Bonchev–Trinajstić information content (AvgIpc) is 2.80. The molecule has 1 aliphatic carbocycles. The SMILES string of the molecule is COc1ccc(C=C2C(=O)CC(C)C2OC(=O)CCC(=O)O)cc1. The van der Waals surface area contributed by atoms with E-state index < -0.39 is 18.0 Å². The summed E-state index contributed by atoms with van der Waals surface area (Å²) in [6, 6.07) is 7.18. The highest BCUT2D eigenvalue weighted by Gasteiger charge is 2.37. The van der Waals surface area contributed by atoms with Gasteiger partial charge in [0, 0.05) is 17.9 Å². The summed E-state index contributed by atoms with van der Waals surface area (Å²) in [6.07, 6.45) is 0.883. The molecule has 0 aromatic heterocycles. The van der Waals surface area contributed by atoms with E-state index in [4.69, 9.17) is 14.6 Å². The molecule has 2 atom stereocenters. The molecule has 0 bridgehead atoms. The summed E-state index contributed by atoms with van der Waals surface area (Å²) in [6.45, 7) is 1.84. The van der Waals surface area contributed by atoms with Crippen LogP contribution in [0.2, 0.25) is 0 Å².